The van der Waals surface area contributed by atoms with Gasteiger partial charge < -0.3 is 10.3 Å². The molecule has 2 aromatic rings. The van der Waals surface area contributed by atoms with Crippen molar-refractivity contribution in [2.24, 2.45) is 0 Å². The summed E-state index contributed by atoms with van der Waals surface area (Å²) < 4.78 is 0. The zero-order valence-corrected chi connectivity index (χ0v) is 14.2. The molecule has 2 atom stereocenters. The fourth-order valence-electron chi connectivity index (χ4n) is 2.64. The molecule has 4 heteroatoms. The van der Waals surface area contributed by atoms with E-state index in [1.54, 1.807) is 0 Å². The van der Waals surface area contributed by atoms with Gasteiger partial charge in [0.1, 0.15) is 0 Å². The summed E-state index contributed by atoms with van der Waals surface area (Å²) in [5.41, 5.74) is 2.19. The van der Waals surface area contributed by atoms with Gasteiger partial charge in [-0.1, -0.05) is 51.1 Å². The Bertz CT molecular complexity index is 505. The topological polar surface area (TPSA) is 40.7 Å². The Kier molecular flexibility index (Phi) is 6.58. The maximum atomic E-state index is 4.70. The molecule has 2 unspecified atom stereocenters. The number of fused-ring (bicyclic) bond motifs is 1. The fourth-order valence-corrected chi connectivity index (χ4v) is 3.81. The van der Waals surface area contributed by atoms with Gasteiger partial charge in [0.25, 0.3) is 0 Å². The second-order valence-electron chi connectivity index (χ2n) is 5.47. The molecule has 0 fully saturated rings. The van der Waals surface area contributed by atoms with Gasteiger partial charge in [-0.15, -0.1) is 0 Å². The van der Waals surface area contributed by atoms with E-state index in [-0.39, 0.29) is 0 Å². The first-order valence-electron chi connectivity index (χ1n) is 8.13. The van der Waals surface area contributed by atoms with Crippen LogP contribution < -0.4 is 5.32 Å². The molecule has 0 saturated heterocycles. The molecule has 0 bridgehead atoms. The third-order valence-electron chi connectivity index (χ3n) is 3.74. The maximum absolute atomic E-state index is 4.70. The minimum Gasteiger partial charge on any atom is -0.333 e. The first kappa shape index (κ1) is 16.4. The number of rotatable bonds is 9. The normalized spacial score (nSPS) is 14.4. The van der Waals surface area contributed by atoms with Gasteiger partial charge in [-0.3, -0.25) is 0 Å². The van der Waals surface area contributed by atoms with Gasteiger partial charge in [-0.05, 0) is 37.9 Å². The quantitative estimate of drug-likeness (QED) is 0.665. The first-order valence-corrected chi connectivity index (χ1v) is 9.01. The van der Waals surface area contributed by atoms with Crippen molar-refractivity contribution in [3.63, 3.8) is 0 Å². The van der Waals surface area contributed by atoms with Gasteiger partial charge in [0, 0.05) is 11.3 Å². The van der Waals surface area contributed by atoms with Crippen LogP contribution in [0.5, 0.6) is 0 Å². The van der Waals surface area contributed by atoms with Crippen LogP contribution in [0.1, 0.15) is 46.5 Å². The molecule has 2 N–H and O–H groups in total. The Labute approximate surface area is 132 Å². The minimum atomic E-state index is 0.567. The molecule has 0 amide bonds. The number of aromatic nitrogens is 2. The van der Waals surface area contributed by atoms with Crippen molar-refractivity contribution in [1.29, 1.82) is 0 Å². The first-order chi connectivity index (χ1) is 10.3. The lowest BCUT2D eigenvalue weighted by Crippen LogP contribution is -2.38. The molecule has 0 aliphatic heterocycles. The molecule has 1 aromatic heterocycles. The molecule has 0 aliphatic rings. The zero-order valence-electron chi connectivity index (χ0n) is 13.4. The molecule has 1 heterocycles. The van der Waals surface area contributed by atoms with Crippen LogP contribution >= 0.6 is 11.8 Å². The summed E-state index contributed by atoms with van der Waals surface area (Å²) >= 11 is 1.88. The van der Waals surface area contributed by atoms with E-state index in [1.165, 1.54) is 19.3 Å². The highest BCUT2D eigenvalue weighted by Crippen LogP contribution is 2.28. The van der Waals surface area contributed by atoms with Crippen molar-refractivity contribution in [3.05, 3.63) is 24.3 Å². The second-order valence-corrected chi connectivity index (χ2v) is 6.70. The molecule has 0 saturated carbocycles. The monoisotopic (exact) mass is 305 g/mol. The summed E-state index contributed by atoms with van der Waals surface area (Å²) in [5.74, 6) is 0. The highest BCUT2D eigenvalue weighted by atomic mass is 32.2. The molecule has 1 aromatic carbocycles. The second kappa shape index (κ2) is 8.44. The van der Waals surface area contributed by atoms with Gasteiger partial charge in [0.05, 0.1) is 11.0 Å². The van der Waals surface area contributed by atoms with Gasteiger partial charge in [-0.2, -0.15) is 0 Å². The van der Waals surface area contributed by atoms with Crippen LogP contribution in [-0.4, -0.2) is 27.8 Å². The average molecular weight is 305 g/mol. The number of H-pyrrole nitrogens is 1. The summed E-state index contributed by atoms with van der Waals surface area (Å²) in [4.78, 5) is 8.14. The predicted octanol–water partition coefficient (Wildman–Crippen LogP) is 4.60. The van der Waals surface area contributed by atoms with Crippen LogP contribution in [0.15, 0.2) is 29.4 Å². The Morgan fingerprint density at radius 2 is 2.00 bits per heavy atom. The number of imidazole rings is 1. The lowest BCUT2D eigenvalue weighted by molar-refractivity contribution is 0.454. The SMILES string of the molecule is CCCNC(CCC)C(CC)Sc1nc2ccccc2[nH]1. The van der Waals surface area contributed by atoms with E-state index in [9.17, 15) is 0 Å². The Morgan fingerprint density at radius 3 is 2.67 bits per heavy atom. The summed E-state index contributed by atoms with van der Waals surface area (Å²) in [6.07, 6.45) is 4.79. The number of para-hydroxylation sites is 2. The van der Waals surface area contributed by atoms with Crippen LogP contribution in [0, 0.1) is 0 Å². The average Bonchev–Trinajstić information content (AvgIpc) is 2.91. The molecular weight excluding hydrogens is 278 g/mol. The maximum Gasteiger partial charge on any atom is 0.166 e. The molecule has 116 valence electrons. The number of nitrogens with one attached hydrogen (secondary N) is 2. The van der Waals surface area contributed by atoms with Crippen molar-refractivity contribution in [1.82, 2.24) is 15.3 Å². The molecule has 0 aliphatic carbocycles. The molecule has 21 heavy (non-hydrogen) atoms. The lowest BCUT2D eigenvalue weighted by atomic mass is 10.1. The van der Waals surface area contributed by atoms with Gasteiger partial charge >= 0.3 is 0 Å². The van der Waals surface area contributed by atoms with Crippen molar-refractivity contribution in [2.45, 2.75) is 62.9 Å². The molecule has 2 rings (SSSR count). The minimum absolute atomic E-state index is 0.567. The Morgan fingerprint density at radius 1 is 1.19 bits per heavy atom. The van der Waals surface area contributed by atoms with E-state index in [0.29, 0.717) is 11.3 Å². The van der Waals surface area contributed by atoms with E-state index in [0.717, 1.165) is 29.2 Å². The van der Waals surface area contributed by atoms with Gasteiger partial charge in [0.2, 0.25) is 0 Å². The summed E-state index contributed by atoms with van der Waals surface area (Å²) in [5, 5.41) is 5.32. The highest BCUT2D eigenvalue weighted by Gasteiger charge is 2.21. The standard InChI is InChI=1S/C17H27N3S/c1-4-9-15(18-12-5-2)16(6-3)21-17-19-13-10-7-8-11-14(13)20-17/h7-8,10-11,15-16,18H,4-6,9,12H2,1-3H3,(H,19,20). The number of thioether (sulfide) groups is 1. The molecule has 0 radical (unpaired) electrons. The van der Waals surface area contributed by atoms with E-state index >= 15 is 0 Å². The zero-order chi connectivity index (χ0) is 15.1. The number of hydrogen-bond donors (Lipinski definition) is 2. The van der Waals surface area contributed by atoms with E-state index in [2.05, 4.69) is 49.3 Å². The van der Waals surface area contributed by atoms with Crippen LogP contribution in [0.3, 0.4) is 0 Å². The van der Waals surface area contributed by atoms with E-state index in [1.807, 2.05) is 17.8 Å². The third-order valence-corrected chi connectivity index (χ3v) is 5.12. The fraction of sp³-hybridized carbons (Fsp3) is 0.588. The molecular formula is C17H27N3S. The van der Waals surface area contributed by atoms with E-state index < -0.39 is 0 Å². The van der Waals surface area contributed by atoms with Crippen molar-refractivity contribution >= 4 is 22.8 Å². The van der Waals surface area contributed by atoms with Gasteiger partial charge in [-0.25, -0.2) is 4.98 Å². The highest BCUT2D eigenvalue weighted by molar-refractivity contribution is 7.99. The van der Waals surface area contributed by atoms with Crippen LogP contribution in [-0.2, 0) is 0 Å². The number of aromatic amines is 1. The van der Waals surface area contributed by atoms with Crippen LogP contribution in [0.2, 0.25) is 0 Å². The summed E-state index contributed by atoms with van der Waals surface area (Å²) in [7, 11) is 0. The lowest BCUT2D eigenvalue weighted by Gasteiger charge is -2.26. The largest absolute Gasteiger partial charge is 0.333 e. The number of hydrogen-bond acceptors (Lipinski definition) is 3. The summed E-state index contributed by atoms with van der Waals surface area (Å²) in [6.45, 7) is 7.86. The summed E-state index contributed by atoms with van der Waals surface area (Å²) in [6, 6.07) is 8.81. The predicted molar refractivity (Wildman–Crippen MR) is 93.0 cm³/mol. The van der Waals surface area contributed by atoms with E-state index in [4.69, 9.17) is 4.98 Å². The third kappa shape index (κ3) is 4.48. The Hall–Kier alpha value is -1.00. The van der Waals surface area contributed by atoms with Crippen LogP contribution in [0.4, 0.5) is 0 Å². The van der Waals surface area contributed by atoms with Crippen molar-refractivity contribution in [3.8, 4) is 0 Å². The van der Waals surface area contributed by atoms with Gasteiger partial charge in [0.15, 0.2) is 5.16 Å². The van der Waals surface area contributed by atoms with Crippen molar-refractivity contribution < 1.29 is 0 Å². The number of benzene rings is 1. The van der Waals surface area contributed by atoms with Crippen LogP contribution in [0.25, 0.3) is 11.0 Å². The smallest absolute Gasteiger partial charge is 0.166 e. The molecule has 3 nitrogen and oxygen atoms in total. The molecule has 0 spiro atoms. The number of nitrogens with zero attached hydrogens (tertiary/aromatic N) is 1. The van der Waals surface area contributed by atoms with Crippen molar-refractivity contribution in [2.75, 3.05) is 6.54 Å². The Balaban J connectivity index is 2.08.